The molecule has 1 heteroatoms. The minimum absolute atomic E-state index is 0.343. The number of hydrogen-bond acceptors (Lipinski definition) is 1. The van der Waals surface area contributed by atoms with Crippen LogP contribution in [0.25, 0.3) is 0 Å². The summed E-state index contributed by atoms with van der Waals surface area (Å²) in [6.07, 6.45) is 3.64. The maximum absolute atomic E-state index is 2.62. The van der Waals surface area contributed by atoms with Crippen LogP contribution in [0.2, 0.25) is 0 Å². The van der Waals surface area contributed by atoms with Crippen molar-refractivity contribution in [2.75, 3.05) is 11.4 Å². The zero-order valence-corrected chi connectivity index (χ0v) is 14.7. The highest BCUT2D eigenvalue weighted by molar-refractivity contribution is 5.81. The van der Waals surface area contributed by atoms with Gasteiger partial charge in [0.25, 0.3) is 0 Å². The first-order chi connectivity index (χ1) is 11.0. The molecule has 5 rings (SSSR count). The van der Waals surface area contributed by atoms with Crippen LogP contribution >= 0.6 is 0 Å². The summed E-state index contributed by atoms with van der Waals surface area (Å²) in [5, 5.41) is 0. The van der Waals surface area contributed by atoms with Gasteiger partial charge in [0.15, 0.2) is 0 Å². The molecule has 1 atom stereocenters. The van der Waals surface area contributed by atoms with Gasteiger partial charge in [-0.25, -0.2) is 0 Å². The monoisotopic (exact) mass is 303 g/mol. The van der Waals surface area contributed by atoms with Crippen LogP contribution in [0.4, 0.5) is 11.4 Å². The van der Waals surface area contributed by atoms with E-state index in [-0.39, 0.29) is 0 Å². The molecular formula is C22H25N. The van der Waals surface area contributed by atoms with Crippen molar-refractivity contribution in [3.63, 3.8) is 0 Å². The van der Waals surface area contributed by atoms with E-state index in [1.807, 2.05) is 0 Å². The van der Waals surface area contributed by atoms with Crippen LogP contribution in [-0.2, 0) is 18.3 Å². The summed E-state index contributed by atoms with van der Waals surface area (Å²) in [4.78, 5) is 2.62. The van der Waals surface area contributed by atoms with Crippen LogP contribution < -0.4 is 4.90 Å². The van der Waals surface area contributed by atoms with Crippen LogP contribution in [0, 0.1) is 6.92 Å². The molecule has 2 heterocycles. The Balaban J connectivity index is 1.80. The van der Waals surface area contributed by atoms with Gasteiger partial charge in [0.05, 0.1) is 0 Å². The van der Waals surface area contributed by atoms with Crippen molar-refractivity contribution in [1.29, 1.82) is 0 Å². The quantitative estimate of drug-likeness (QED) is 0.631. The predicted molar refractivity (Wildman–Crippen MR) is 97.2 cm³/mol. The number of hydrogen-bond donors (Lipinski definition) is 0. The van der Waals surface area contributed by atoms with Crippen molar-refractivity contribution in [3.8, 4) is 0 Å². The summed E-state index contributed by atoms with van der Waals surface area (Å²) < 4.78 is 0. The van der Waals surface area contributed by atoms with Gasteiger partial charge in [0.2, 0.25) is 0 Å². The number of nitrogens with zero attached hydrogens (tertiary/aromatic N) is 1. The van der Waals surface area contributed by atoms with Gasteiger partial charge in [0.1, 0.15) is 0 Å². The van der Waals surface area contributed by atoms with Gasteiger partial charge in [0, 0.05) is 24.3 Å². The molecule has 1 aliphatic carbocycles. The van der Waals surface area contributed by atoms with Gasteiger partial charge < -0.3 is 4.90 Å². The first-order valence-corrected chi connectivity index (χ1v) is 9.04. The standard InChI is InChI=1S/C22H25N/c1-13-7-8-19-16(10-13)11-17-20-14(2)22(3,4)18(20)12-15-6-5-9-23(19)21(15)17/h7-8,10,12,14H,5-6,9,11H2,1-4H3. The minimum atomic E-state index is 0.343. The van der Waals surface area contributed by atoms with Gasteiger partial charge in [-0.05, 0) is 65.0 Å². The predicted octanol–water partition coefficient (Wildman–Crippen LogP) is 5.38. The molecule has 0 radical (unpaired) electrons. The highest BCUT2D eigenvalue weighted by Crippen LogP contribution is 2.58. The second kappa shape index (κ2) is 4.20. The van der Waals surface area contributed by atoms with Gasteiger partial charge in [-0.3, -0.25) is 0 Å². The fourth-order valence-electron chi connectivity index (χ4n) is 5.14. The fraction of sp³-hybridized carbons (Fsp3) is 0.455. The van der Waals surface area contributed by atoms with Crippen molar-refractivity contribution in [2.24, 2.45) is 0 Å². The summed E-state index contributed by atoms with van der Waals surface area (Å²) in [5.74, 6) is 0.674. The third-order valence-corrected chi connectivity index (χ3v) is 6.72. The Kier molecular flexibility index (Phi) is 2.49. The normalized spacial score (nSPS) is 22.8. The van der Waals surface area contributed by atoms with Crippen LogP contribution in [0.3, 0.4) is 0 Å². The Morgan fingerprint density at radius 2 is 1.96 bits per heavy atom. The lowest BCUT2D eigenvalue weighted by Gasteiger charge is -2.50. The lowest BCUT2D eigenvalue weighted by atomic mass is 9.56. The SMILES string of the molecule is Cc1ccc2c(c1)Cc1c3c(cc4c1N2CCC4)C(C)(C)C3C. The summed E-state index contributed by atoms with van der Waals surface area (Å²) >= 11 is 0. The second-order valence-corrected chi connectivity index (χ2v) is 8.33. The molecular weight excluding hydrogens is 278 g/mol. The van der Waals surface area contributed by atoms with Crippen molar-refractivity contribution in [1.82, 2.24) is 0 Å². The molecule has 23 heavy (non-hydrogen) atoms. The van der Waals surface area contributed by atoms with Crippen molar-refractivity contribution >= 4 is 11.4 Å². The van der Waals surface area contributed by atoms with E-state index in [9.17, 15) is 0 Å². The molecule has 0 bridgehead atoms. The molecule has 1 nitrogen and oxygen atoms in total. The molecule has 0 aromatic heterocycles. The third kappa shape index (κ3) is 1.58. The zero-order valence-electron chi connectivity index (χ0n) is 14.7. The molecule has 3 aliphatic rings. The Morgan fingerprint density at radius 1 is 1.13 bits per heavy atom. The summed E-state index contributed by atoms with van der Waals surface area (Å²) in [6, 6.07) is 9.56. The molecule has 1 unspecified atom stereocenters. The number of anilines is 2. The first-order valence-electron chi connectivity index (χ1n) is 9.04. The van der Waals surface area contributed by atoms with E-state index in [4.69, 9.17) is 0 Å². The second-order valence-electron chi connectivity index (χ2n) is 8.33. The van der Waals surface area contributed by atoms with Crippen molar-refractivity contribution in [2.45, 2.75) is 58.3 Å². The van der Waals surface area contributed by atoms with Crippen LogP contribution in [0.5, 0.6) is 0 Å². The van der Waals surface area contributed by atoms with Crippen molar-refractivity contribution in [3.05, 3.63) is 57.6 Å². The lowest BCUT2D eigenvalue weighted by Crippen LogP contribution is -2.41. The van der Waals surface area contributed by atoms with Gasteiger partial charge in [-0.2, -0.15) is 0 Å². The van der Waals surface area contributed by atoms with E-state index < -0.39 is 0 Å². The van der Waals surface area contributed by atoms with Gasteiger partial charge >= 0.3 is 0 Å². The van der Waals surface area contributed by atoms with E-state index in [0.29, 0.717) is 11.3 Å². The number of rotatable bonds is 0. The van der Waals surface area contributed by atoms with Crippen LogP contribution in [0.1, 0.15) is 66.5 Å². The summed E-state index contributed by atoms with van der Waals surface area (Å²) in [5.41, 5.74) is 12.8. The molecule has 0 saturated heterocycles. The zero-order chi connectivity index (χ0) is 15.9. The van der Waals surface area contributed by atoms with E-state index >= 15 is 0 Å². The summed E-state index contributed by atoms with van der Waals surface area (Å²) in [6.45, 7) is 10.6. The number of fused-ring (bicyclic) bond motifs is 4. The molecule has 0 spiro atoms. The Labute approximate surface area is 139 Å². The molecule has 0 amide bonds. The minimum Gasteiger partial charge on any atom is -0.341 e. The van der Waals surface area contributed by atoms with E-state index in [1.54, 1.807) is 27.9 Å². The first kappa shape index (κ1) is 13.7. The molecule has 118 valence electrons. The smallest absolute Gasteiger partial charge is 0.0482 e. The molecule has 2 aromatic carbocycles. The molecule has 0 saturated carbocycles. The molecule has 2 aliphatic heterocycles. The lowest BCUT2D eigenvalue weighted by molar-refractivity contribution is 0.366. The Morgan fingerprint density at radius 3 is 2.78 bits per heavy atom. The van der Waals surface area contributed by atoms with Crippen molar-refractivity contribution < 1.29 is 0 Å². The molecule has 0 fully saturated rings. The number of benzene rings is 2. The molecule has 2 aromatic rings. The average Bonchev–Trinajstić information content (AvgIpc) is 2.54. The van der Waals surface area contributed by atoms with Crippen LogP contribution in [0.15, 0.2) is 24.3 Å². The fourth-order valence-corrected chi connectivity index (χ4v) is 5.14. The van der Waals surface area contributed by atoms with Gasteiger partial charge in [-0.15, -0.1) is 0 Å². The maximum Gasteiger partial charge on any atom is 0.0482 e. The van der Waals surface area contributed by atoms with Crippen LogP contribution in [-0.4, -0.2) is 6.54 Å². The molecule has 0 N–H and O–H groups in total. The van der Waals surface area contributed by atoms with E-state index in [1.165, 1.54) is 36.2 Å². The third-order valence-electron chi connectivity index (χ3n) is 6.72. The highest BCUT2D eigenvalue weighted by Gasteiger charge is 2.46. The largest absolute Gasteiger partial charge is 0.341 e. The Hall–Kier alpha value is -1.76. The number of aryl methyl sites for hydroxylation is 2. The Bertz CT molecular complexity index is 844. The van der Waals surface area contributed by atoms with Gasteiger partial charge in [-0.1, -0.05) is 44.5 Å². The average molecular weight is 303 g/mol. The topological polar surface area (TPSA) is 3.24 Å². The highest BCUT2D eigenvalue weighted by atomic mass is 15.2. The van der Waals surface area contributed by atoms with E-state index in [2.05, 4.69) is 56.9 Å². The summed E-state index contributed by atoms with van der Waals surface area (Å²) in [7, 11) is 0. The van der Waals surface area contributed by atoms with E-state index in [0.717, 1.165) is 6.42 Å². The maximum atomic E-state index is 2.62.